The van der Waals surface area contributed by atoms with E-state index in [0.717, 1.165) is 74.7 Å². The summed E-state index contributed by atoms with van der Waals surface area (Å²) < 4.78 is 6.36. The van der Waals surface area contributed by atoms with E-state index in [2.05, 4.69) is 76.2 Å². The first-order valence-corrected chi connectivity index (χ1v) is 41.8. The van der Waals surface area contributed by atoms with Gasteiger partial charge in [-0.15, -0.1) is 0 Å². The van der Waals surface area contributed by atoms with E-state index in [1.807, 2.05) is 0 Å². The summed E-state index contributed by atoms with van der Waals surface area (Å²) in [4.78, 5) is 87.1. The van der Waals surface area contributed by atoms with Crippen LogP contribution < -0.4 is 0 Å². The van der Waals surface area contributed by atoms with Gasteiger partial charge in [-0.1, -0.05) is 326 Å². The van der Waals surface area contributed by atoms with Gasteiger partial charge < -0.3 is 45.6 Å². The van der Waals surface area contributed by atoms with E-state index in [-0.39, 0.29) is 16.8 Å². The number of esters is 1. The van der Waals surface area contributed by atoms with Crippen LogP contribution in [-0.4, -0.2) is 101 Å². The van der Waals surface area contributed by atoms with Crippen molar-refractivity contribution in [2.45, 2.75) is 465 Å². The van der Waals surface area contributed by atoms with Gasteiger partial charge in [0.15, 0.2) is 0 Å². The lowest BCUT2D eigenvalue weighted by Crippen LogP contribution is -2.57. The zero-order valence-corrected chi connectivity index (χ0v) is 71.2. The van der Waals surface area contributed by atoms with Crippen molar-refractivity contribution in [2.24, 2.45) is 27.6 Å². The lowest BCUT2D eigenvalue weighted by atomic mass is 9.38. The maximum Gasteiger partial charge on any atom is 0.312 e. The minimum atomic E-state index is -0.833. The fourth-order valence-electron chi connectivity index (χ4n) is 15.0. The third kappa shape index (κ3) is 84.5. The van der Waals surface area contributed by atoms with Crippen molar-refractivity contribution in [1.82, 2.24) is 0 Å². The SMILES string of the molecule is CC(=O)O.CC(=O)O.CC(=O)O.CC(=O)O.CC(=O)O.CC(=O)O.CC(=O)O.CC(=O)O.CCCCCCC(CCC(CCCCCC)(CCCCCC)C(=O)OCC)C(CCCCCC)(CCCCCC)C(CCCCCC)(CCCCCC)C(CCCCCC)(CCCCCC)CCCCCC. The van der Waals surface area contributed by atoms with E-state index in [0.29, 0.717) is 23.4 Å². The molecule has 18 nitrogen and oxygen atoms in total. The van der Waals surface area contributed by atoms with Crippen molar-refractivity contribution >= 4 is 53.7 Å². The number of carboxylic acids is 8. The Kier molecular flexibility index (Phi) is 98.5. The van der Waals surface area contributed by atoms with Gasteiger partial charge in [0.1, 0.15) is 0 Å². The van der Waals surface area contributed by atoms with Crippen molar-refractivity contribution in [1.29, 1.82) is 0 Å². The summed E-state index contributed by atoms with van der Waals surface area (Å²) in [6.07, 6.45) is 70.2. The fourth-order valence-corrected chi connectivity index (χ4v) is 15.0. The molecule has 0 aromatic heterocycles. The number of carbonyl (C=O) groups is 9. The molecule has 1 atom stereocenters. The van der Waals surface area contributed by atoms with Gasteiger partial charge in [0, 0.05) is 55.4 Å². The van der Waals surface area contributed by atoms with Crippen LogP contribution in [0.3, 0.4) is 0 Å². The molecular formula is C86H172O18. The van der Waals surface area contributed by atoms with E-state index in [1.54, 1.807) is 0 Å². The molecule has 104 heavy (non-hydrogen) atoms. The summed E-state index contributed by atoms with van der Waals surface area (Å²) in [5, 5.41) is 59.3. The Morgan fingerprint density at radius 3 is 0.644 bits per heavy atom. The standard InChI is InChI=1S/C70H140O2.8C2H4O2/c1-12-23-33-43-53-65(54-64-67(66(71)72-22-11,55-44-34-24-13-2)56-45-35-25-14-3)69(60-49-39-29-18-7,61-50-40-30-19-8)70(62-51-41-31-20-9,63-52-42-32-21-10)68(57-46-36-26-15-4,58-47-37-27-16-5)59-48-38-28-17-6;8*1-2(3)4/h65H,12-64H2,1-11H3;8*1H3,(H,3,4). The summed E-state index contributed by atoms with van der Waals surface area (Å²) in [5.41, 5.74) is 0.618. The summed E-state index contributed by atoms with van der Waals surface area (Å²) in [7, 11) is 0. The van der Waals surface area contributed by atoms with Crippen LogP contribution in [0, 0.1) is 27.6 Å². The molecule has 0 bridgehead atoms. The van der Waals surface area contributed by atoms with Crippen LogP contribution in [-0.2, 0) is 47.9 Å². The highest BCUT2D eigenvalue weighted by Gasteiger charge is 2.62. The number of ether oxygens (including phenoxy) is 1. The zero-order chi connectivity index (χ0) is 82.0. The molecule has 0 rings (SSSR count). The summed E-state index contributed by atoms with van der Waals surface area (Å²) >= 11 is 0. The number of hydrogen-bond acceptors (Lipinski definition) is 10. The highest BCUT2D eigenvalue weighted by atomic mass is 16.5. The zero-order valence-electron chi connectivity index (χ0n) is 71.2. The van der Waals surface area contributed by atoms with Gasteiger partial charge in [-0.2, -0.15) is 0 Å². The van der Waals surface area contributed by atoms with Crippen molar-refractivity contribution in [3.8, 4) is 0 Å². The predicted molar refractivity (Wildman–Crippen MR) is 433 cm³/mol. The van der Waals surface area contributed by atoms with Crippen LogP contribution in [0.4, 0.5) is 0 Å². The van der Waals surface area contributed by atoms with E-state index < -0.39 is 47.8 Å². The van der Waals surface area contributed by atoms with Crippen molar-refractivity contribution in [3.63, 3.8) is 0 Å². The van der Waals surface area contributed by atoms with Crippen LogP contribution in [0.5, 0.6) is 0 Å². The number of aliphatic carboxylic acids is 8. The van der Waals surface area contributed by atoms with Gasteiger partial charge in [0.2, 0.25) is 0 Å². The predicted octanol–water partition coefficient (Wildman–Crippen LogP) is 26.3. The largest absolute Gasteiger partial charge is 0.481 e. The van der Waals surface area contributed by atoms with Crippen molar-refractivity contribution in [3.05, 3.63) is 0 Å². The Labute approximate surface area is 639 Å². The third-order valence-electron chi connectivity index (χ3n) is 19.2. The molecule has 18 heteroatoms. The van der Waals surface area contributed by atoms with E-state index in [1.165, 1.54) is 315 Å². The Bertz CT molecular complexity index is 1690. The summed E-state index contributed by atoms with van der Waals surface area (Å²) in [5.74, 6) is -5.82. The number of hydrogen-bond donors (Lipinski definition) is 8. The van der Waals surface area contributed by atoms with Crippen LogP contribution in [0.1, 0.15) is 465 Å². The van der Waals surface area contributed by atoms with Crippen molar-refractivity contribution < 1.29 is 88.7 Å². The van der Waals surface area contributed by atoms with E-state index in [9.17, 15) is 0 Å². The molecule has 0 aromatic carbocycles. The lowest BCUT2D eigenvalue weighted by Gasteiger charge is -2.66. The first kappa shape index (κ1) is 118. The van der Waals surface area contributed by atoms with Gasteiger partial charge in [-0.25, -0.2) is 0 Å². The van der Waals surface area contributed by atoms with Gasteiger partial charge in [0.25, 0.3) is 47.8 Å². The Morgan fingerprint density at radius 2 is 0.433 bits per heavy atom. The number of unbranched alkanes of at least 4 members (excludes halogenated alkanes) is 30. The Hall–Kier alpha value is -4.77. The van der Waals surface area contributed by atoms with Gasteiger partial charge in [0.05, 0.1) is 12.0 Å². The van der Waals surface area contributed by atoms with Crippen LogP contribution >= 0.6 is 0 Å². The monoisotopic (exact) mass is 1490 g/mol. The minimum Gasteiger partial charge on any atom is -0.481 e. The smallest absolute Gasteiger partial charge is 0.312 e. The molecule has 0 aliphatic heterocycles. The quantitative estimate of drug-likeness (QED) is 0.0207. The fraction of sp³-hybridized carbons (Fsp3) is 0.895. The second-order valence-corrected chi connectivity index (χ2v) is 29.1. The van der Waals surface area contributed by atoms with Gasteiger partial charge in [-0.3, -0.25) is 43.2 Å². The Balaban J connectivity index is -0.000000334. The first-order chi connectivity index (χ1) is 49.0. The molecule has 0 aliphatic rings. The average molecular weight is 1490 g/mol. The van der Waals surface area contributed by atoms with Gasteiger partial charge >= 0.3 is 5.97 Å². The maximum atomic E-state index is 15.1. The molecule has 0 amide bonds. The number of carbonyl (C=O) groups excluding carboxylic acids is 1. The summed E-state index contributed by atoms with van der Waals surface area (Å²) in [6.45, 7) is 35.5. The van der Waals surface area contributed by atoms with Crippen molar-refractivity contribution in [2.75, 3.05) is 6.61 Å². The first-order valence-electron chi connectivity index (χ1n) is 41.8. The minimum absolute atomic E-state index is 0.182. The highest BCUT2D eigenvalue weighted by molar-refractivity contribution is 5.76. The van der Waals surface area contributed by atoms with Crippen LogP contribution in [0.15, 0.2) is 0 Å². The number of carboxylic acid groups (broad SMARTS) is 8. The van der Waals surface area contributed by atoms with E-state index >= 15 is 4.79 Å². The maximum absolute atomic E-state index is 15.1. The van der Waals surface area contributed by atoms with Gasteiger partial charge in [-0.05, 0) is 106 Å². The second-order valence-electron chi connectivity index (χ2n) is 29.1. The second kappa shape index (κ2) is 87.1. The molecule has 0 spiro atoms. The van der Waals surface area contributed by atoms with Crippen LogP contribution in [0.2, 0.25) is 0 Å². The van der Waals surface area contributed by atoms with Crippen LogP contribution in [0.25, 0.3) is 0 Å². The molecule has 0 saturated carbocycles. The highest BCUT2D eigenvalue weighted by Crippen LogP contribution is 2.71. The molecule has 0 aromatic rings. The van der Waals surface area contributed by atoms with E-state index in [4.69, 9.17) is 83.9 Å². The lowest BCUT2D eigenvalue weighted by molar-refractivity contribution is -0.170. The topological polar surface area (TPSA) is 325 Å². The molecule has 0 aliphatic carbocycles. The molecule has 0 radical (unpaired) electrons. The molecule has 0 heterocycles. The Morgan fingerprint density at radius 1 is 0.240 bits per heavy atom. The molecule has 624 valence electrons. The molecule has 0 fully saturated rings. The molecule has 0 saturated heterocycles. The number of rotatable bonds is 58. The summed E-state index contributed by atoms with van der Waals surface area (Å²) in [6, 6.07) is 0. The third-order valence-corrected chi connectivity index (χ3v) is 19.2. The molecule has 1 unspecified atom stereocenters. The normalized spacial score (nSPS) is 11.0. The molecule has 8 N–H and O–H groups in total. The average Bonchev–Trinajstić information content (AvgIpc) is 0.712. The molecular weight excluding hydrogens is 1320 g/mol.